The average Bonchev–Trinajstić information content (AvgIpc) is 2.93. The Bertz CT molecular complexity index is 1170. The molecule has 6 nitrogen and oxygen atoms in total. The number of nitrogens with zero attached hydrogens (tertiary/aromatic N) is 3. The van der Waals surface area contributed by atoms with E-state index in [0.717, 1.165) is 0 Å². The molecule has 0 aromatic heterocycles. The summed E-state index contributed by atoms with van der Waals surface area (Å²) in [4.78, 5) is 0. The first kappa shape index (κ1) is 20.2. The Kier molecular flexibility index (Phi) is 4.53. The molecule has 0 radical (unpaired) electrons. The minimum absolute atomic E-state index is 0.107. The van der Waals surface area contributed by atoms with Crippen LogP contribution < -0.4 is 0 Å². The molecule has 2 aromatic carbocycles. The predicted octanol–water partition coefficient (Wildman–Crippen LogP) is 5.10. The Balaban J connectivity index is 2.08. The lowest BCUT2D eigenvalue weighted by molar-refractivity contribution is -0.288. The molecule has 1 N–H and O–H groups in total. The highest BCUT2D eigenvalue weighted by Crippen LogP contribution is 2.69. The molecule has 2 aliphatic rings. The average molecular weight is 437 g/mol. The molecule has 0 saturated carbocycles. The van der Waals surface area contributed by atoms with E-state index in [-0.39, 0.29) is 15.6 Å². The summed E-state index contributed by atoms with van der Waals surface area (Å²) in [5.74, 6) is -2.87. The van der Waals surface area contributed by atoms with Gasteiger partial charge in [0.05, 0.1) is 34.2 Å². The maximum Gasteiger partial charge on any atom is 0.244 e. The van der Waals surface area contributed by atoms with Crippen LogP contribution in [0.1, 0.15) is 24.2 Å². The van der Waals surface area contributed by atoms with Crippen molar-refractivity contribution < 1.29 is 9.47 Å². The maximum atomic E-state index is 10.3. The molecule has 8 heteroatoms. The Hall–Kier alpha value is -3.08. The number of hydrogen-bond donors (Lipinski definition) is 1. The molecule has 2 fully saturated rings. The van der Waals surface area contributed by atoms with E-state index >= 15 is 0 Å². The van der Waals surface area contributed by atoms with Crippen LogP contribution >= 0.6 is 23.2 Å². The Morgan fingerprint density at radius 3 is 2.23 bits per heavy atom. The van der Waals surface area contributed by atoms with Crippen molar-refractivity contribution in [3.8, 4) is 18.2 Å². The van der Waals surface area contributed by atoms with Gasteiger partial charge in [-0.3, -0.25) is 5.41 Å². The van der Waals surface area contributed by atoms with Gasteiger partial charge in [-0.1, -0.05) is 72.6 Å². The van der Waals surface area contributed by atoms with Crippen LogP contribution in [0, 0.1) is 56.2 Å². The van der Waals surface area contributed by atoms with E-state index in [9.17, 15) is 15.8 Å². The largest absolute Gasteiger partial charge is 0.443 e. The zero-order valence-electron chi connectivity index (χ0n) is 15.7. The van der Waals surface area contributed by atoms with Crippen molar-refractivity contribution in [3.05, 3.63) is 69.7 Å². The van der Waals surface area contributed by atoms with Crippen molar-refractivity contribution in [2.45, 2.75) is 18.8 Å². The number of hydrogen-bond acceptors (Lipinski definition) is 6. The van der Waals surface area contributed by atoms with Crippen LogP contribution in [0.5, 0.6) is 0 Å². The van der Waals surface area contributed by atoms with E-state index in [1.165, 1.54) is 0 Å². The number of ether oxygens (including phenoxy) is 2. The van der Waals surface area contributed by atoms with Gasteiger partial charge in [0.15, 0.2) is 5.41 Å². The molecule has 4 atom stereocenters. The van der Waals surface area contributed by atoms with Gasteiger partial charge in [0.25, 0.3) is 0 Å². The summed E-state index contributed by atoms with van der Waals surface area (Å²) in [6.07, 6.45) is -1.29. The summed E-state index contributed by atoms with van der Waals surface area (Å²) in [5.41, 5.74) is -3.15. The molecule has 0 spiro atoms. The highest BCUT2D eigenvalue weighted by atomic mass is 35.5. The first-order chi connectivity index (χ1) is 14.3. The summed E-state index contributed by atoms with van der Waals surface area (Å²) in [7, 11) is 0. The van der Waals surface area contributed by atoms with Crippen LogP contribution in [0.15, 0.2) is 48.5 Å². The fourth-order valence-electron chi connectivity index (χ4n) is 4.54. The lowest BCUT2D eigenvalue weighted by Crippen LogP contribution is -2.57. The summed E-state index contributed by atoms with van der Waals surface area (Å²) in [6, 6.07) is 19.7. The van der Waals surface area contributed by atoms with E-state index < -0.39 is 34.5 Å². The molecular weight excluding hydrogens is 423 g/mol. The lowest BCUT2D eigenvalue weighted by atomic mass is 9.53. The number of nitriles is 3. The number of rotatable bonds is 2. The molecular formula is C22H14Cl2N4O2. The minimum Gasteiger partial charge on any atom is -0.443 e. The van der Waals surface area contributed by atoms with E-state index in [2.05, 4.69) is 6.07 Å². The van der Waals surface area contributed by atoms with E-state index in [0.29, 0.717) is 5.56 Å². The molecule has 2 saturated heterocycles. The van der Waals surface area contributed by atoms with Gasteiger partial charge < -0.3 is 9.47 Å². The third-order valence-electron chi connectivity index (χ3n) is 6.11. The van der Waals surface area contributed by atoms with Crippen molar-refractivity contribution in [1.82, 2.24) is 0 Å². The molecule has 2 heterocycles. The Labute approximate surface area is 183 Å². The van der Waals surface area contributed by atoms with Crippen molar-refractivity contribution >= 4 is 29.1 Å². The first-order valence-electron chi connectivity index (χ1n) is 9.03. The normalized spacial score (nSPS) is 31.1. The topological polar surface area (TPSA) is 114 Å². The fraction of sp³-hybridized carbons (Fsp3) is 0.273. The Morgan fingerprint density at radius 2 is 1.63 bits per heavy atom. The predicted molar refractivity (Wildman–Crippen MR) is 108 cm³/mol. The van der Waals surface area contributed by atoms with Crippen LogP contribution in [0.3, 0.4) is 0 Å². The zero-order valence-corrected chi connectivity index (χ0v) is 17.2. The van der Waals surface area contributed by atoms with E-state index in [1.54, 1.807) is 49.4 Å². The number of halogens is 2. The number of nitrogens with one attached hydrogen (secondary N) is 1. The van der Waals surface area contributed by atoms with Crippen molar-refractivity contribution in [2.24, 2.45) is 16.7 Å². The molecule has 2 bridgehead atoms. The summed E-state index contributed by atoms with van der Waals surface area (Å²) < 4.78 is 12.3. The van der Waals surface area contributed by atoms with Gasteiger partial charge in [-0.05, 0) is 6.07 Å². The molecule has 0 aliphatic carbocycles. The van der Waals surface area contributed by atoms with Crippen molar-refractivity contribution in [2.75, 3.05) is 0 Å². The highest BCUT2D eigenvalue weighted by Gasteiger charge is 2.79. The molecule has 0 amide bonds. The van der Waals surface area contributed by atoms with Gasteiger partial charge in [0, 0.05) is 11.1 Å². The van der Waals surface area contributed by atoms with Gasteiger partial charge >= 0.3 is 0 Å². The standard InChI is InChI=1S/C22H14Cl2N4O2/c1-13-21(12-27)19(28)30-22(13,14-6-3-2-4-7-14)29-18(20(21,10-25)11-26)15-8-5-9-16(23)17(15)24/h2-9,13,18,28H,1H3. The quantitative estimate of drug-likeness (QED) is 0.702. The number of fused-ring (bicyclic) bond motifs is 2. The second kappa shape index (κ2) is 6.73. The Morgan fingerprint density at radius 1 is 0.967 bits per heavy atom. The highest BCUT2D eigenvalue weighted by molar-refractivity contribution is 6.42. The van der Waals surface area contributed by atoms with Crippen LogP contribution in [0.25, 0.3) is 0 Å². The van der Waals surface area contributed by atoms with Crippen molar-refractivity contribution in [3.63, 3.8) is 0 Å². The SMILES string of the molecule is CC1C2(c3ccccc3)OC(=N)C1(C#N)C(C#N)(C#N)C(c1cccc(Cl)c1Cl)O2. The molecule has 4 rings (SSSR count). The number of benzene rings is 2. The zero-order chi connectivity index (χ0) is 21.7. The second-order valence-corrected chi connectivity index (χ2v) is 8.06. The van der Waals surface area contributed by atoms with Crippen molar-refractivity contribution in [1.29, 1.82) is 21.2 Å². The molecule has 148 valence electrons. The van der Waals surface area contributed by atoms with Crippen LogP contribution in [0.4, 0.5) is 0 Å². The molecule has 2 aliphatic heterocycles. The lowest BCUT2D eigenvalue weighted by Gasteiger charge is -2.49. The van der Waals surface area contributed by atoms with Gasteiger partial charge in [-0.25, -0.2) is 0 Å². The van der Waals surface area contributed by atoms with E-state index in [4.69, 9.17) is 38.1 Å². The van der Waals surface area contributed by atoms with Gasteiger partial charge in [0.2, 0.25) is 17.1 Å². The summed E-state index contributed by atoms with van der Waals surface area (Å²) in [5, 5.41) is 39.6. The molecule has 4 unspecified atom stereocenters. The summed E-state index contributed by atoms with van der Waals surface area (Å²) >= 11 is 12.6. The monoisotopic (exact) mass is 436 g/mol. The van der Waals surface area contributed by atoms with E-state index in [1.807, 2.05) is 18.2 Å². The smallest absolute Gasteiger partial charge is 0.244 e. The fourth-order valence-corrected chi connectivity index (χ4v) is 4.95. The van der Waals surface area contributed by atoms with Gasteiger partial charge in [-0.15, -0.1) is 0 Å². The molecule has 30 heavy (non-hydrogen) atoms. The first-order valence-corrected chi connectivity index (χ1v) is 9.79. The summed E-state index contributed by atoms with van der Waals surface area (Å²) in [6.45, 7) is 1.65. The minimum atomic E-state index is -2.10. The third-order valence-corrected chi connectivity index (χ3v) is 6.94. The van der Waals surface area contributed by atoms with Crippen LogP contribution in [-0.4, -0.2) is 5.90 Å². The maximum absolute atomic E-state index is 10.3. The van der Waals surface area contributed by atoms with Gasteiger partial charge in [0.1, 0.15) is 6.10 Å². The second-order valence-electron chi connectivity index (χ2n) is 7.28. The van der Waals surface area contributed by atoms with Crippen LogP contribution in [0.2, 0.25) is 10.0 Å². The van der Waals surface area contributed by atoms with Gasteiger partial charge in [-0.2, -0.15) is 15.8 Å². The van der Waals surface area contributed by atoms with Crippen LogP contribution in [-0.2, 0) is 15.3 Å². The third kappa shape index (κ3) is 2.18. The molecule has 2 aromatic rings.